The fourth-order valence-corrected chi connectivity index (χ4v) is 6.70. The normalized spacial score (nSPS) is 20.0. The molecule has 0 saturated heterocycles. The van der Waals surface area contributed by atoms with Gasteiger partial charge in [0, 0.05) is 27.7 Å². The molecule has 0 spiro atoms. The molecule has 3 aliphatic carbocycles. The van der Waals surface area contributed by atoms with E-state index < -0.39 is 27.4 Å². The zero-order chi connectivity index (χ0) is 22.8. The second-order valence-electron chi connectivity index (χ2n) is 9.51. The summed E-state index contributed by atoms with van der Waals surface area (Å²) in [7, 11) is -3.82. The second-order valence-corrected chi connectivity index (χ2v) is 12.5. The number of thiophene rings is 1. The fourth-order valence-electron chi connectivity index (χ4n) is 4.36. The summed E-state index contributed by atoms with van der Waals surface area (Å²) in [5, 5.41) is 18.8. The van der Waals surface area contributed by atoms with Gasteiger partial charge in [0.15, 0.2) is 19.9 Å². The minimum Gasteiger partial charge on any atom is -0.385 e. The zero-order valence-electron chi connectivity index (χ0n) is 18.1. The van der Waals surface area contributed by atoms with Gasteiger partial charge in [-0.3, -0.25) is 4.98 Å². The molecule has 0 aromatic carbocycles. The maximum atomic E-state index is 14.5. The SMILES string of the molecule is CC(C)(O)c1cc(F)c([S@](N)(=O)=NC(=O)Nc2c3c(nc(C4CC4)c2C2CC2)CCC3)s1. The molecular weight excluding hydrogens is 451 g/mol. The lowest BCUT2D eigenvalue weighted by Gasteiger charge is -2.18. The number of pyridine rings is 1. The molecule has 10 heteroatoms. The average molecular weight is 479 g/mol. The van der Waals surface area contributed by atoms with E-state index in [2.05, 4.69) is 9.68 Å². The number of halogens is 1. The van der Waals surface area contributed by atoms with Crippen LogP contribution in [0.15, 0.2) is 14.6 Å². The molecule has 7 nitrogen and oxygen atoms in total. The highest BCUT2D eigenvalue weighted by atomic mass is 32.2. The number of nitrogens with zero attached hydrogens (tertiary/aromatic N) is 2. The Morgan fingerprint density at radius 1 is 1.31 bits per heavy atom. The maximum absolute atomic E-state index is 14.5. The minimum absolute atomic E-state index is 0.260. The molecule has 2 amide bonds. The van der Waals surface area contributed by atoms with Crippen LogP contribution in [-0.4, -0.2) is 20.3 Å². The smallest absolute Gasteiger partial charge is 0.354 e. The third-order valence-corrected chi connectivity index (χ3v) is 9.56. The largest absolute Gasteiger partial charge is 0.385 e. The number of nitrogens with one attached hydrogen (secondary N) is 1. The number of amides is 2. The number of hydrogen-bond donors (Lipinski definition) is 3. The molecule has 0 aliphatic heterocycles. The number of urea groups is 1. The first-order chi connectivity index (χ1) is 15.0. The number of fused-ring (bicyclic) bond motifs is 1. The summed E-state index contributed by atoms with van der Waals surface area (Å²) in [6.45, 7) is 2.98. The standard InChI is InChI=1S/C22H27FN4O3S2/c1-22(2,29)16-10-14(23)20(31-16)32(24,30)27-21(28)26-19-13-4-3-5-15(13)25-18(12-8-9-12)17(19)11-6-7-11/h10-12,29H,3-9H2,1-2H3,(H3,24,25,26,27,28,30)/t32-/m1/s1. The van der Waals surface area contributed by atoms with Crippen LogP contribution in [0.2, 0.25) is 0 Å². The number of nitrogens with two attached hydrogens (primary N) is 1. The van der Waals surface area contributed by atoms with Gasteiger partial charge in [-0.1, -0.05) is 0 Å². The first-order valence-electron chi connectivity index (χ1n) is 11.0. The second kappa shape index (κ2) is 7.58. The Balaban J connectivity index is 1.52. The van der Waals surface area contributed by atoms with Gasteiger partial charge in [-0.15, -0.1) is 15.7 Å². The molecular formula is C22H27FN4O3S2. The van der Waals surface area contributed by atoms with E-state index in [4.69, 9.17) is 10.1 Å². The molecule has 1 atom stereocenters. The van der Waals surface area contributed by atoms with Crippen molar-refractivity contribution in [1.29, 1.82) is 0 Å². The van der Waals surface area contributed by atoms with E-state index in [0.717, 1.165) is 90.6 Å². The van der Waals surface area contributed by atoms with Crippen molar-refractivity contribution in [3.05, 3.63) is 39.3 Å². The predicted octanol–water partition coefficient (Wildman–Crippen LogP) is 4.69. The van der Waals surface area contributed by atoms with Gasteiger partial charge in [0.05, 0.1) is 11.3 Å². The first kappa shape index (κ1) is 21.9. The van der Waals surface area contributed by atoms with Crippen LogP contribution in [0.3, 0.4) is 0 Å². The molecule has 5 rings (SSSR count). The number of rotatable bonds is 5. The molecule has 3 aliphatic rings. The van der Waals surface area contributed by atoms with Crippen LogP contribution in [0.4, 0.5) is 14.9 Å². The van der Waals surface area contributed by atoms with Crippen LogP contribution < -0.4 is 10.5 Å². The van der Waals surface area contributed by atoms with Gasteiger partial charge in [-0.2, -0.15) is 0 Å². The minimum atomic E-state index is -3.82. The number of aryl methyl sites for hydroxylation is 1. The zero-order valence-corrected chi connectivity index (χ0v) is 19.7. The number of aliphatic hydroxyl groups is 1. The maximum Gasteiger partial charge on any atom is 0.354 e. The van der Waals surface area contributed by atoms with Crippen LogP contribution >= 0.6 is 11.3 Å². The van der Waals surface area contributed by atoms with Crippen molar-refractivity contribution in [3.8, 4) is 0 Å². The van der Waals surface area contributed by atoms with Crippen molar-refractivity contribution < 1.29 is 18.5 Å². The van der Waals surface area contributed by atoms with E-state index in [1.807, 2.05) is 0 Å². The molecule has 2 saturated carbocycles. The van der Waals surface area contributed by atoms with Gasteiger partial charge in [0.1, 0.15) is 0 Å². The number of aromatic nitrogens is 1. The summed E-state index contributed by atoms with van der Waals surface area (Å²) in [6.07, 6.45) is 7.04. The van der Waals surface area contributed by atoms with Crippen molar-refractivity contribution in [2.45, 2.75) is 80.4 Å². The molecule has 0 unspecified atom stereocenters. The van der Waals surface area contributed by atoms with E-state index in [9.17, 15) is 18.5 Å². The molecule has 2 aromatic heterocycles. The van der Waals surface area contributed by atoms with E-state index in [1.54, 1.807) is 0 Å². The predicted molar refractivity (Wildman–Crippen MR) is 122 cm³/mol. The van der Waals surface area contributed by atoms with Crippen LogP contribution in [0.25, 0.3) is 0 Å². The van der Waals surface area contributed by atoms with Crippen LogP contribution in [0.1, 0.15) is 85.2 Å². The molecule has 2 fully saturated rings. The molecule has 2 aromatic rings. The number of anilines is 1. The summed E-state index contributed by atoms with van der Waals surface area (Å²) < 4.78 is 30.8. The molecule has 2 heterocycles. The van der Waals surface area contributed by atoms with E-state index >= 15 is 0 Å². The van der Waals surface area contributed by atoms with Gasteiger partial charge in [-0.05, 0) is 76.3 Å². The molecule has 4 N–H and O–H groups in total. The number of carbonyl (C=O) groups is 1. The van der Waals surface area contributed by atoms with Gasteiger partial charge < -0.3 is 10.4 Å². The van der Waals surface area contributed by atoms with Crippen molar-refractivity contribution in [3.63, 3.8) is 0 Å². The fraction of sp³-hybridized carbons (Fsp3) is 0.545. The Bertz CT molecular complexity index is 1230. The summed E-state index contributed by atoms with van der Waals surface area (Å²) in [5.74, 6) is -0.00965. The summed E-state index contributed by atoms with van der Waals surface area (Å²) in [5.41, 5.74) is 3.69. The van der Waals surface area contributed by atoms with E-state index in [1.165, 1.54) is 13.8 Å². The van der Waals surface area contributed by atoms with Crippen molar-refractivity contribution in [2.24, 2.45) is 9.50 Å². The topological polar surface area (TPSA) is 118 Å². The summed E-state index contributed by atoms with van der Waals surface area (Å²) in [6, 6.07) is 0.238. The van der Waals surface area contributed by atoms with Crippen molar-refractivity contribution in [2.75, 3.05) is 5.32 Å². The first-order valence-corrected chi connectivity index (χ1v) is 13.4. The molecule has 0 bridgehead atoms. The molecule has 0 radical (unpaired) electrons. The lowest BCUT2D eigenvalue weighted by Crippen LogP contribution is -2.19. The van der Waals surface area contributed by atoms with Crippen molar-refractivity contribution in [1.82, 2.24) is 4.98 Å². The molecule has 172 valence electrons. The van der Waals surface area contributed by atoms with Crippen LogP contribution in [-0.2, 0) is 28.4 Å². The van der Waals surface area contributed by atoms with E-state index in [0.29, 0.717) is 11.8 Å². The van der Waals surface area contributed by atoms with Crippen molar-refractivity contribution >= 4 is 33.0 Å². The Kier molecular flexibility index (Phi) is 5.20. The number of hydrogen-bond acceptors (Lipinski definition) is 5. The summed E-state index contributed by atoms with van der Waals surface area (Å²) >= 11 is 0.765. The highest BCUT2D eigenvalue weighted by Crippen LogP contribution is 2.53. The molecule has 32 heavy (non-hydrogen) atoms. The van der Waals surface area contributed by atoms with Gasteiger partial charge in [-0.25, -0.2) is 18.5 Å². The lowest BCUT2D eigenvalue weighted by atomic mass is 9.98. The Hall–Kier alpha value is -1.88. The van der Waals surface area contributed by atoms with Gasteiger partial charge >= 0.3 is 6.03 Å². The Labute approximate surface area is 191 Å². The average Bonchev–Trinajstić information content (AvgIpc) is 3.60. The van der Waals surface area contributed by atoms with E-state index in [-0.39, 0.29) is 9.09 Å². The monoisotopic (exact) mass is 478 g/mol. The third kappa shape index (κ3) is 4.09. The van der Waals surface area contributed by atoms with Crippen LogP contribution in [0.5, 0.6) is 0 Å². The quantitative estimate of drug-likeness (QED) is 0.578. The lowest BCUT2D eigenvalue weighted by molar-refractivity contribution is 0.0823. The number of carbonyl (C=O) groups excluding carboxylic acids is 1. The highest BCUT2D eigenvalue weighted by molar-refractivity contribution is 7.93. The van der Waals surface area contributed by atoms with Crippen LogP contribution in [0, 0.1) is 5.82 Å². The summed E-state index contributed by atoms with van der Waals surface area (Å²) in [4.78, 5) is 18.1. The highest BCUT2D eigenvalue weighted by Gasteiger charge is 2.38. The van der Waals surface area contributed by atoms with Gasteiger partial charge in [0.25, 0.3) is 0 Å². The van der Waals surface area contributed by atoms with Gasteiger partial charge in [0.2, 0.25) is 0 Å². The third-order valence-electron chi connectivity index (χ3n) is 6.22. The Morgan fingerprint density at radius 3 is 2.59 bits per heavy atom. The Morgan fingerprint density at radius 2 is 2.00 bits per heavy atom.